The number of tetrazole rings is 1. The minimum atomic E-state index is -0.0661. The van der Waals surface area contributed by atoms with E-state index in [0.717, 1.165) is 54.1 Å². The molecule has 0 atom stereocenters. The number of aromatic nitrogens is 8. The van der Waals surface area contributed by atoms with Gasteiger partial charge in [0.1, 0.15) is 5.82 Å². The first kappa shape index (κ1) is 20.8. The van der Waals surface area contributed by atoms with Crippen LogP contribution in [-0.4, -0.2) is 40.4 Å². The van der Waals surface area contributed by atoms with E-state index in [1.807, 2.05) is 6.07 Å². The van der Waals surface area contributed by atoms with Crippen molar-refractivity contribution >= 4 is 0 Å². The van der Waals surface area contributed by atoms with Gasteiger partial charge in [0.2, 0.25) is 0 Å². The smallest absolute Gasteiger partial charge is 0.181 e. The number of H-pyrrole nitrogens is 1. The number of hydrogen-bond donors (Lipinski definition) is 1. The predicted octanol–water partition coefficient (Wildman–Crippen LogP) is 4.21. The largest absolute Gasteiger partial charge is 0.264 e. The number of rotatable bonds is 7. The molecule has 0 bridgehead atoms. The van der Waals surface area contributed by atoms with E-state index < -0.39 is 0 Å². The lowest BCUT2D eigenvalue weighted by Crippen LogP contribution is -2.14. The molecular formula is C23H28N8. The van der Waals surface area contributed by atoms with Crippen LogP contribution in [0.25, 0.3) is 22.5 Å². The summed E-state index contributed by atoms with van der Waals surface area (Å²) >= 11 is 0. The van der Waals surface area contributed by atoms with Crippen LogP contribution in [0.1, 0.15) is 57.7 Å². The maximum Gasteiger partial charge on any atom is 0.181 e. The first-order valence-corrected chi connectivity index (χ1v) is 10.7. The van der Waals surface area contributed by atoms with Crippen LogP contribution in [0.5, 0.6) is 0 Å². The summed E-state index contributed by atoms with van der Waals surface area (Å²) in [6, 6.07) is 10.5. The molecule has 0 unspecified atom stereocenters. The normalized spacial score (nSPS) is 11.7. The minimum Gasteiger partial charge on any atom is -0.264 e. The Hall–Kier alpha value is -3.42. The molecule has 160 valence electrons. The molecule has 0 aliphatic heterocycles. The molecule has 0 saturated heterocycles. The molecule has 0 aliphatic rings. The van der Waals surface area contributed by atoms with Crippen molar-refractivity contribution in [1.82, 2.24) is 40.4 Å². The molecule has 0 aliphatic carbocycles. The number of unbranched alkanes of at least 4 members (excludes halogenated alkanes) is 1. The maximum absolute atomic E-state index is 4.88. The summed E-state index contributed by atoms with van der Waals surface area (Å²) in [5.74, 6) is 2.52. The monoisotopic (exact) mass is 416 g/mol. The van der Waals surface area contributed by atoms with Crippen molar-refractivity contribution in [2.45, 2.75) is 58.9 Å². The van der Waals surface area contributed by atoms with Gasteiger partial charge in [0.25, 0.3) is 0 Å². The molecule has 0 radical (unpaired) electrons. The average Bonchev–Trinajstić information content (AvgIpc) is 3.43. The van der Waals surface area contributed by atoms with Crippen molar-refractivity contribution in [2.75, 3.05) is 0 Å². The molecule has 0 spiro atoms. The van der Waals surface area contributed by atoms with Crippen LogP contribution in [-0.2, 0) is 18.4 Å². The van der Waals surface area contributed by atoms with E-state index in [1.54, 1.807) is 12.4 Å². The number of pyridine rings is 1. The summed E-state index contributed by atoms with van der Waals surface area (Å²) in [5.41, 5.74) is 4.12. The Morgan fingerprint density at radius 2 is 1.84 bits per heavy atom. The summed E-state index contributed by atoms with van der Waals surface area (Å²) in [6.45, 7) is 9.56. The van der Waals surface area contributed by atoms with Gasteiger partial charge in [-0.05, 0) is 39.6 Å². The lowest BCUT2D eigenvalue weighted by Gasteiger charge is -2.12. The maximum atomic E-state index is 4.88. The van der Waals surface area contributed by atoms with Crippen LogP contribution in [0.4, 0.5) is 0 Å². The van der Waals surface area contributed by atoms with Gasteiger partial charge in [-0.1, -0.05) is 58.4 Å². The van der Waals surface area contributed by atoms with Crippen LogP contribution >= 0.6 is 0 Å². The molecule has 1 N–H and O–H groups in total. The topological polar surface area (TPSA) is 98.1 Å². The highest BCUT2D eigenvalue weighted by Crippen LogP contribution is 2.29. The highest BCUT2D eigenvalue weighted by Gasteiger charge is 2.22. The molecular weight excluding hydrogens is 388 g/mol. The fraction of sp³-hybridized carbons (Fsp3) is 0.391. The second-order valence-corrected chi connectivity index (χ2v) is 8.72. The van der Waals surface area contributed by atoms with E-state index in [2.05, 4.69) is 82.3 Å². The van der Waals surface area contributed by atoms with E-state index in [4.69, 9.17) is 10.1 Å². The van der Waals surface area contributed by atoms with Crippen molar-refractivity contribution in [3.05, 3.63) is 59.9 Å². The molecule has 0 saturated carbocycles. The quantitative estimate of drug-likeness (QED) is 0.485. The SMILES string of the molecule is CCCCn1nc(C(C)(C)C)nc1Cc1ccc(-c2ccncc2-c2nnn[nH]2)cc1. The van der Waals surface area contributed by atoms with Crippen LogP contribution in [0.3, 0.4) is 0 Å². The number of hydrogen-bond acceptors (Lipinski definition) is 6. The van der Waals surface area contributed by atoms with Gasteiger partial charge in [0.05, 0.1) is 0 Å². The molecule has 8 nitrogen and oxygen atoms in total. The zero-order valence-electron chi connectivity index (χ0n) is 18.5. The fourth-order valence-corrected chi connectivity index (χ4v) is 3.40. The molecule has 0 amide bonds. The molecule has 3 aromatic heterocycles. The average molecular weight is 417 g/mol. The van der Waals surface area contributed by atoms with Gasteiger partial charge in [0.15, 0.2) is 11.6 Å². The third-order valence-corrected chi connectivity index (χ3v) is 5.19. The number of benzene rings is 1. The molecule has 8 heteroatoms. The van der Waals surface area contributed by atoms with E-state index in [9.17, 15) is 0 Å². The van der Waals surface area contributed by atoms with Gasteiger partial charge < -0.3 is 0 Å². The lowest BCUT2D eigenvalue weighted by molar-refractivity contribution is 0.509. The Bertz CT molecular complexity index is 1120. The first-order valence-electron chi connectivity index (χ1n) is 10.7. The Labute approximate surface area is 182 Å². The third-order valence-electron chi connectivity index (χ3n) is 5.19. The van der Waals surface area contributed by atoms with Crippen LogP contribution in [0, 0.1) is 0 Å². The summed E-state index contributed by atoms with van der Waals surface area (Å²) in [4.78, 5) is 9.10. The number of aromatic amines is 1. The predicted molar refractivity (Wildman–Crippen MR) is 119 cm³/mol. The zero-order valence-corrected chi connectivity index (χ0v) is 18.5. The summed E-state index contributed by atoms with van der Waals surface area (Å²) in [6.07, 6.45) is 6.53. The zero-order chi connectivity index (χ0) is 21.8. The molecule has 3 heterocycles. The molecule has 0 fully saturated rings. The van der Waals surface area contributed by atoms with Crippen molar-refractivity contribution in [2.24, 2.45) is 0 Å². The molecule has 4 rings (SSSR count). The third kappa shape index (κ3) is 4.68. The Morgan fingerprint density at radius 1 is 1.03 bits per heavy atom. The van der Waals surface area contributed by atoms with Crippen molar-refractivity contribution in [3.63, 3.8) is 0 Å². The van der Waals surface area contributed by atoms with E-state index in [-0.39, 0.29) is 5.41 Å². The van der Waals surface area contributed by atoms with Gasteiger partial charge in [-0.2, -0.15) is 5.10 Å². The number of nitrogens with one attached hydrogen (secondary N) is 1. The second kappa shape index (κ2) is 8.75. The van der Waals surface area contributed by atoms with Gasteiger partial charge in [-0.25, -0.2) is 14.8 Å². The number of nitrogens with zero attached hydrogens (tertiary/aromatic N) is 7. The summed E-state index contributed by atoms with van der Waals surface area (Å²) in [7, 11) is 0. The van der Waals surface area contributed by atoms with E-state index in [1.165, 1.54) is 5.56 Å². The van der Waals surface area contributed by atoms with Crippen LogP contribution < -0.4 is 0 Å². The molecule has 1 aromatic carbocycles. The standard InChI is InChI=1S/C23H28N8/c1-5-6-13-31-20(25-22(28-31)23(2,3)4)14-16-7-9-17(10-8-16)18-11-12-24-15-19(18)21-26-29-30-27-21/h7-12,15H,5-6,13-14H2,1-4H3,(H,26,27,29,30). The lowest BCUT2D eigenvalue weighted by atomic mass is 9.96. The van der Waals surface area contributed by atoms with Crippen molar-refractivity contribution < 1.29 is 0 Å². The highest BCUT2D eigenvalue weighted by molar-refractivity contribution is 5.79. The minimum absolute atomic E-state index is 0.0661. The Morgan fingerprint density at radius 3 is 2.52 bits per heavy atom. The first-order chi connectivity index (χ1) is 15.0. The van der Waals surface area contributed by atoms with E-state index >= 15 is 0 Å². The van der Waals surface area contributed by atoms with Crippen molar-refractivity contribution in [3.8, 4) is 22.5 Å². The number of aryl methyl sites for hydroxylation is 1. The summed E-state index contributed by atoms with van der Waals surface area (Å²) < 4.78 is 2.08. The Kier molecular flexibility index (Phi) is 5.88. The van der Waals surface area contributed by atoms with Gasteiger partial charge >= 0.3 is 0 Å². The van der Waals surface area contributed by atoms with Crippen LogP contribution in [0.15, 0.2) is 42.7 Å². The highest BCUT2D eigenvalue weighted by atomic mass is 15.5. The van der Waals surface area contributed by atoms with Gasteiger partial charge in [0, 0.05) is 36.3 Å². The Balaban J connectivity index is 1.60. The van der Waals surface area contributed by atoms with Gasteiger partial charge in [-0.3, -0.25) is 4.98 Å². The fourth-order valence-electron chi connectivity index (χ4n) is 3.40. The van der Waals surface area contributed by atoms with Crippen LogP contribution in [0.2, 0.25) is 0 Å². The molecule has 31 heavy (non-hydrogen) atoms. The van der Waals surface area contributed by atoms with E-state index in [0.29, 0.717) is 5.82 Å². The molecule has 4 aromatic rings. The summed E-state index contributed by atoms with van der Waals surface area (Å²) in [5, 5.41) is 19.0. The second-order valence-electron chi connectivity index (χ2n) is 8.72. The van der Waals surface area contributed by atoms with Crippen molar-refractivity contribution in [1.29, 1.82) is 0 Å². The van der Waals surface area contributed by atoms with Gasteiger partial charge in [-0.15, -0.1) is 5.10 Å².